The molecule has 0 aliphatic carbocycles. The molecule has 0 spiro atoms. The fraction of sp³-hybridized carbons (Fsp3) is 0.917. The first-order chi connectivity index (χ1) is 8.39. The first-order valence-corrected chi connectivity index (χ1v) is 6.40. The molecule has 106 valence electrons. The summed E-state index contributed by atoms with van der Waals surface area (Å²) in [6, 6.07) is 0.0143. The molecule has 0 aromatic heterocycles. The molecular weight excluding hydrogens is 234 g/mol. The van der Waals surface area contributed by atoms with E-state index in [0.717, 1.165) is 0 Å². The molecule has 0 aromatic rings. The lowest BCUT2D eigenvalue weighted by Gasteiger charge is -2.38. The van der Waals surface area contributed by atoms with E-state index in [4.69, 9.17) is 10.6 Å². The van der Waals surface area contributed by atoms with Crippen molar-refractivity contribution in [3.63, 3.8) is 0 Å². The number of nitrogens with zero attached hydrogens (tertiary/aromatic N) is 1. The second-order valence-corrected chi connectivity index (χ2v) is 5.29. The summed E-state index contributed by atoms with van der Waals surface area (Å²) in [5.74, 6) is 4.73. The van der Waals surface area contributed by atoms with Crippen LogP contribution in [0.25, 0.3) is 0 Å². The Morgan fingerprint density at radius 2 is 2.06 bits per heavy atom. The van der Waals surface area contributed by atoms with E-state index in [2.05, 4.69) is 5.43 Å². The Kier molecular flexibility index (Phi) is 5.52. The van der Waals surface area contributed by atoms with Crippen molar-refractivity contribution < 1.29 is 14.6 Å². The van der Waals surface area contributed by atoms with Crippen molar-refractivity contribution in [2.75, 3.05) is 26.8 Å². The zero-order chi connectivity index (χ0) is 13.8. The van der Waals surface area contributed by atoms with E-state index in [0.29, 0.717) is 32.6 Å². The minimum atomic E-state index is -0.708. The van der Waals surface area contributed by atoms with Crippen LogP contribution in [0, 0.1) is 5.92 Å². The van der Waals surface area contributed by atoms with Crippen LogP contribution >= 0.6 is 0 Å². The number of likely N-dealkylation sites (N-methyl/N-ethyl adjacent to an activating group) is 1. The van der Waals surface area contributed by atoms with Crippen LogP contribution < -0.4 is 11.3 Å². The predicted octanol–water partition coefficient (Wildman–Crippen LogP) is -0.526. The van der Waals surface area contributed by atoms with Crippen molar-refractivity contribution in [3.05, 3.63) is 0 Å². The van der Waals surface area contributed by atoms with Gasteiger partial charge < -0.3 is 14.7 Å². The van der Waals surface area contributed by atoms with Crippen molar-refractivity contribution in [1.82, 2.24) is 10.3 Å². The van der Waals surface area contributed by atoms with Gasteiger partial charge in [0.25, 0.3) is 0 Å². The molecule has 1 aliphatic heterocycles. The molecule has 1 heterocycles. The molecule has 2 atom stereocenters. The average Bonchev–Trinajstić information content (AvgIpc) is 2.36. The summed E-state index contributed by atoms with van der Waals surface area (Å²) in [4.78, 5) is 13.5. The van der Waals surface area contributed by atoms with Crippen molar-refractivity contribution in [2.45, 2.75) is 38.3 Å². The molecule has 1 rings (SSSR count). The average molecular weight is 259 g/mol. The molecule has 1 saturated heterocycles. The number of nitrogens with two attached hydrogens (primary N) is 1. The van der Waals surface area contributed by atoms with Gasteiger partial charge in [-0.15, -0.1) is 0 Å². The zero-order valence-electron chi connectivity index (χ0n) is 11.5. The van der Waals surface area contributed by atoms with Crippen LogP contribution in [-0.2, 0) is 9.53 Å². The van der Waals surface area contributed by atoms with Gasteiger partial charge in [0.05, 0.1) is 11.5 Å². The lowest BCUT2D eigenvalue weighted by molar-refractivity contribution is -0.127. The smallest absolute Gasteiger partial charge is 0.238 e. The van der Waals surface area contributed by atoms with Crippen LogP contribution in [0.1, 0.15) is 26.7 Å². The van der Waals surface area contributed by atoms with Gasteiger partial charge in [-0.25, -0.2) is 5.84 Å². The highest BCUT2D eigenvalue weighted by atomic mass is 16.5. The first kappa shape index (κ1) is 15.4. The Hall–Kier alpha value is -0.690. The van der Waals surface area contributed by atoms with Crippen molar-refractivity contribution >= 4 is 5.91 Å². The van der Waals surface area contributed by atoms with Gasteiger partial charge in [0.1, 0.15) is 0 Å². The number of ether oxygens (including phenoxy) is 1. The SMILES string of the molecule is CC(C(=O)NN)C(C)N(C)CC1(O)CCOCC1. The molecule has 1 aliphatic rings. The summed E-state index contributed by atoms with van der Waals surface area (Å²) in [7, 11) is 1.92. The minimum absolute atomic E-state index is 0.0143. The summed E-state index contributed by atoms with van der Waals surface area (Å²) in [5, 5.41) is 10.4. The highest BCUT2D eigenvalue weighted by Crippen LogP contribution is 2.23. The molecule has 6 heteroatoms. The molecule has 18 heavy (non-hydrogen) atoms. The largest absolute Gasteiger partial charge is 0.388 e. The first-order valence-electron chi connectivity index (χ1n) is 6.40. The minimum Gasteiger partial charge on any atom is -0.388 e. The Balaban J connectivity index is 2.53. The number of rotatable bonds is 5. The number of carbonyl (C=O) groups excluding carboxylic acids is 1. The molecule has 4 N–H and O–H groups in total. The monoisotopic (exact) mass is 259 g/mol. The molecule has 2 unspecified atom stereocenters. The van der Waals surface area contributed by atoms with Gasteiger partial charge in [-0.05, 0) is 14.0 Å². The zero-order valence-corrected chi connectivity index (χ0v) is 11.5. The number of amides is 1. The van der Waals surface area contributed by atoms with Crippen LogP contribution in [0.4, 0.5) is 0 Å². The quantitative estimate of drug-likeness (QED) is 0.351. The standard InChI is InChI=1S/C12H25N3O3/c1-9(11(16)14-13)10(2)15(3)8-12(17)4-6-18-7-5-12/h9-10,17H,4-8,13H2,1-3H3,(H,14,16). The Bertz CT molecular complexity index is 280. The molecule has 6 nitrogen and oxygen atoms in total. The van der Waals surface area contributed by atoms with E-state index in [1.54, 1.807) is 0 Å². The van der Waals surface area contributed by atoms with Gasteiger partial charge in [0, 0.05) is 38.6 Å². The fourth-order valence-electron chi connectivity index (χ4n) is 2.25. The maximum atomic E-state index is 11.5. The molecule has 0 bridgehead atoms. The Labute approximate surface area is 108 Å². The highest BCUT2D eigenvalue weighted by Gasteiger charge is 2.33. The molecular formula is C12H25N3O3. The molecule has 0 radical (unpaired) electrons. The number of carbonyl (C=O) groups is 1. The number of hydrogen-bond donors (Lipinski definition) is 3. The summed E-state index contributed by atoms with van der Waals surface area (Å²) in [6.07, 6.45) is 1.28. The summed E-state index contributed by atoms with van der Waals surface area (Å²) >= 11 is 0. The third-order valence-electron chi connectivity index (χ3n) is 3.94. The van der Waals surface area contributed by atoms with E-state index >= 15 is 0 Å². The Morgan fingerprint density at radius 1 is 1.50 bits per heavy atom. The van der Waals surface area contributed by atoms with Crippen molar-refractivity contribution in [2.24, 2.45) is 11.8 Å². The van der Waals surface area contributed by atoms with Crippen LogP contribution in [0.3, 0.4) is 0 Å². The molecule has 0 saturated carbocycles. The summed E-state index contributed by atoms with van der Waals surface area (Å²) < 4.78 is 5.25. The van der Waals surface area contributed by atoms with Gasteiger partial charge in [-0.3, -0.25) is 10.2 Å². The van der Waals surface area contributed by atoms with Crippen LogP contribution in [0.15, 0.2) is 0 Å². The van der Waals surface area contributed by atoms with Gasteiger partial charge >= 0.3 is 0 Å². The van der Waals surface area contributed by atoms with E-state index in [9.17, 15) is 9.90 Å². The van der Waals surface area contributed by atoms with Gasteiger partial charge in [0.2, 0.25) is 5.91 Å². The third-order valence-corrected chi connectivity index (χ3v) is 3.94. The third kappa shape index (κ3) is 3.91. The molecule has 0 aromatic carbocycles. The summed E-state index contributed by atoms with van der Waals surface area (Å²) in [5.41, 5.74) is 1.46. The van der Waals surface area contributed by atoms with Crippen molar-refractivity contribution in [3.8, 4) is 0 Å². The predicted molar refractivity (Wildman–Crippen MR) is 68.6 cm³/mol. The molecule has 1 amide bonds. The topological polar surface area (TPSA) is 87.8 Å². The van der Waals surface area contributed by atoms with Crippen molar-refractivity contribution in [1.29, 1.82) is 0 Å². The maximum absolute atomic E-state index is 11.5. The normalized spacial score (nSPS) is 22.6. The summed E-state index contributed by atoms with van der Waals surface area (Å²) in [6.45, 7) is 5.52. The van der Waals surface area contributed by atoms with Gasteiger partial charge in [-0.2, -0.15) is 0 Å². The van der Waals surface area contributed by atoms with Gasteiger partial charge in [0.15, 0.2) is 0 Å². The fourth-order valence-corrected chi connectivity index (χ4v) is 2.25. The number of hydrogen-bond acceptors (Lipinski definition) is 5. The van der Waals surface area contributed by atoms with E-state index < -0.39 is 5.60 Å². The maximum Gasteiger partial charge on any atom is 0.238 e. The lowest BCUT2D eigenvalue weighted by atomic mass is 9.92. The van der Waals surface area contributed by atoms with Gasteiger partial charge in [-0.1, -0.05) is 6.92 Å². The second kappa shape index (κ2) is 6.47. The van der Waals surface area contributed by atoms with E-state index in [1.165, 1.54) is 0 Å². The second-order valence-electron chi connectivity index (χ2n) is 5.29. The van der Waals surface area contributed by atoms with Crippen LogP contribution in [0.2, 0.25) is 0 Å². The lowest BCUT2D eigenvalue weighted by Crippen LogP contribution is -2.51. The van der Waals surface area contributed by atoms with E-state index in [1.807, 2.05) is 25.8 Å². The number of nitrogens with one attached hydrogen (secondary N) is 1. The Morgan fingerprint density at radius 3 is 2.56 bits per heavy atom. The number of aliphatic hydroxyl groups is 1. The number of hydrazine groups is 1. The van der Waals surface area contributed by atoms with Crippen LogP contribution in [0.5, 0.6) is 0 Å². The molecule has 1 fully saturated rings. The van der Waals surface area contributed by atoms with E-state index in [-0.39, 0.29) is 17.9 Å². The highest BCUT2D eigenvalue weighted by molar-refractivity contribution is 5.78. The van der Waals surface area contributed by atoms with Crippen LogP contribution in [-0.4, -0.2) is 54.4 Å².